The van der Waals surface area contributed by atoms with Crippen molar-refractivity contribution >= 4 is 17.1 Å². The highest BCUT2D eigenvalue weighted by Gasteiger charge is 2.08. The molecule has 6 N–H and O–H groups in total. The second kappa shape index (κ2) is 3.53. The molecular formula is C12H13N3. The Balaban J connectivity index is 2.69. The molecule has 0 saturated carbocycles. The number of nitrogen functional groups attached to an aromatic ring is 3. The van der Waals surface area contributed by atoms with Crippen molar-refractivity contribution in [3.8, 4) is 11.1 Å². The number of benzene rings is 2. The van der Waals surface area contributed by atoms with Crippen LogP contribution in [0.1, 0.15) is 0 Å². The molecule has 76 valence electrons. The van der Waals surface area contributed by atoms with Crippen LogP contribution in [0, 0.1) is 0 Å². The zero-order valence-corrected chi connectivity index (χ0v) is 8.27. The standard InChI is InChI=1S/C12H13N3/c13-9-5-2-1-4-8(9)12-10(14)6-3-7-11(12)15/h1-7H,13-15H2. The highest BCUT2D eigenvalue weighted by molar-refractivity contribution is 5.91. The first-order valence-corrected chi connectivity index (χ1v) is 4.69. The molecule has 0 aliphatic rings. The monoisotopic (exact) mass is 199 g/mol. The molecule has 0 amide bonds. The van der Waals surface area contributed by atoms with Crippen molar-refractivity contribution in [2.45, 2.75) is 0 Å². The van der Waals surface area contributed by atoms with Crippen molar-refractivity contribution in [2.75, 3.05) is 17.2 Å². The Kier molecular flexibility index (Phi) is 2.21. The lowest BCUT2D eigenvalue weighted by molar-refractivity contribution is 1.59. The number of nitrogens with two attached hydrogens (primary N) is 3. The van der Waals surface area contributed by atoms with Crippen LogP contribution in [0.5, 0.6) is 0 Å². The molecule has 3 nitrogen and oxygen atoms in total. The van der Waals surface area contributed by atoms with Gasteiger partial charge in [0.15, 0.2) is 0 Å². The average Bonchev–Trinajstić information content (AvgIpc) is 2.20. The zero-order chi connectivity index (χ0) is 10.8. The minimum Gasteiger partial charge on any atom is -0.398 e. The Morgan fingerprint density at radius 3 is 1.73 bits per heavy atom. The van der Waals surface area contributed by atoms with Gasteiger partial charge < -0.3 is 17.2 Å². The third-order valence-corrected chi connectivity index (χ3v) is 2.36. The Morgan fingerprint density at radius 2 is 1.13 bits per heavy atom. The number of para-hydroxylation sites is 1. The number of rotatable bonds is 1. The van der Waals surface area contributed by atoms with E-state index in [0.717, 1.165) is 11.1 Å². The van der Waals surface area contributed by atoms with Crippen LogP contribution in [-0.4, -0.2) is 0 Å². The van der Waals surface area contributed by atoms with Crippen molar-refractivity contribution in [3.05, 3.63) is 42.5 Å². The van der Waals surface area contributed by atoms with E-state index in [0.29, 0.717) is 17.1 Å². The Labute approximate surface area is 88.5 Å². The number of anilines is 3. The molecule has 0 atom stereocenters. The number of hydrogen-bond donors (Lipinski definition) is 3. The van der Waals surface area contributed by atoms with Crippen LogP contribution in [-0.2, 0) is 0 Å². The lowest BCUT2D eigenvalue weighted by Gasteiger charge is -2.11. The molecule has 0 radical (unpaired) electrons. The van der Waals surface area contributed by atoms with Crippen LogP contribution in [0.25, 0.3) is 11.1 Å². The van der Waals surface area contributed by atoms with Crippen LogP contribution < -0.4 is 17.2 Å². The largest absolute Gasteiger partial charge is 0.398 e. The molecule has 0 unspecified atom stereocenters. The molecular weight excluding hydrogens is 186 g/mol. The van der Waals surface area contributed by atoms with E-state index in [2.05, 4.69) is 0 Å². The van der Waals surface area contributed by atoms with Crippen LogP contribution in [0.2, 0.25) is 0 Å². The molecule has 0 heterocycles. The van der Waals surface area contributed by atoms with Crippen molar-refractivity contribution < 1.29 is 0 Å². The first-order chi connectivity index (χ1) is 7.20. The zero-order valence-electron chi connectivity index (χ0n) is 8.27. The highest BCUT2D eigenvalue weighted by Crippen LogP contribution is 2.34. The van der Waals surface area contributed by atoms with Gasteiger partial charge in [0.2, 0.25) is 0 Å². The van der Waals surface area contributed by atoms with Gasteiger partial charge in [0.25, 0.3) is 0 Å². The van der Waals surface area contributed by atoms with Crippen LogP contribution in [0.4, 0.5) is 17.1 Å². The summed E-state index contributed by atoms with van der Waals surface area (Å²) in [5.41, 5.74) is 21.3. The molecule has 0 aliphatic carbocycles. The van der Waals surface area contributed by atoms with Crippen molar-refractivity contribution in [1.82, 2.24) is 0 Å². The van der Waals surface area contributed by atoms with E-state index >= 15 is 0 Å². The van der Waals surface area contributed by atoms with E-state index in [1.807, 2.05) is 42.5 Å². The van der Waals surface area contributed by atoms with E-state index in [4.69, 9.17) is 17.2 Å². The summed E-state index contributed by atoms with van der Waals surface area (Å²) < 4.78 is 0. The molecule has 0 aromatic heterocycles. The summed E-state index contributed by atoms with van der Waals surface area (Å²) in [6.07, 6.45) is 0. The summed E-state index contributed by atoms with van der Waals surface area (Å²) in [4.78, 5) is 0. The maximum Gasteiger partial charge on any atom is 0.0415 e. The quantitative estimate of drug-likeness (QED) is 0.615. The molecule has 0 fully saturated rings. The van der Waals surface area contributed by atoms with Crippen molar-refractivity contribution in [2.24, 2.45) is 0 Å². The van der Waals surface area contributed by atoms with Gasteiger partial charge in [-0.1, -0.05) is 24.3 Å². The van der Waals surface area contributed by atoms with Crippen LogP contribution >= 0.6 is 0 Å². The van der Waals surface area contributed by atoms with Gasteiger partial charge in [-0.15, -0.1) is 0 Å². The fourth-order valence-corrected chi connectivity index (χ4v) is 1.62. The normalized spacial score (nSPS) is 10.1. The van der Waals surface area contributed by atoms with Gasteiger partial charge >= 0.3 is 0 Å². The van der Waals surface area contributed by atoms with E-state index in [1.54, 1.807) is 0 Å². The summed E-state index contributed by atoms with van der Waals surface area (Å²) in [5.74, 6) is 0. The van der Waals surface area contributed by atoms with Gasteiger partial charge in [0.05, 0.1) is 0 Å². The summed E-state index contributed by atoms with van der Waals surface area (Å²) in [5, 5.41) is 0. The molecule has 0 aliphatic heterocycles. The predicted octanol–water partition coefficient (Wildman–Crippen LogP) is 2.10. The second-order valence-electron chi connectivity index (χ2n) is 3.40. The minimum absolute atomic E-state index is 0.646. The SMILES string of the molecule is Nc1ccccc1-c1c(N)cccc1N. The lowest BCUT2D eigenvalue weighted by atomic mass is 10.0. The minimum atomic E-state index is 0.646. The Bertz CT molecular complexity index is 472. The summed E-state index contributed by atoms with van der Waals surface area (Å²) in [6, 6.07) is 13.0. The van der Waals surface area contributed by atoms with E-state index in [-0.39, 0.29) is 0 Å². The fraction of sp³-hybridized carbons (Fsp3) is 0. The molecule has 0 bridgehead atoms. The van der Waals surface area contributed by atoms with Crippen molar-refractivity contribution in [1.29, 1.82) is 0 Å². The molecule has 2 aromatic carbocycles. The Hall–Kier alpha value is -2.16. The smallest absolute Gasteiger partial charge is 0.0415 e. The average molecular weight is 199 g/mol. The van der Waals surface area contributed by atoms with Crippen molar-refractivity contribution in [3.63, 3.8) is 0 Å². The van der Waals surface area contributed by atoms with E-state index in [1.165, 1.54) is 0 Å². The van der Waals surface area contributed by atoms with Gasteiger partial charge in [-0.2, -0.15) is 0 Å². The number of hydrogen-bond acceptors (Lipinski definition) is 3. The topological polar surface area (TPSA) is 78.1 Å². The van der Waals surface area contributed by atoms with Gasteiger partial charge in [-0.05, 0) is 18.2 Å². The first-order valence-electron chi connectivity index (χ1n) is 4.69. The highest BCUT2D eigenvalue weighted by atomic mass is 14.6. The third kappa shape index (κ3) is 1.59. The third-order valence-electron chi connectivity index (χ3n) is 2.36. The fourth-order valence-electron chi connectivity index (χ4n) is 1.62. The molecule has 3 heteroatoms. The second-order valence-corrected chi connectivity index (χ2v) is 3.40. The van der Waals surface area contributed by atoms with E-state index in [9.17, 15) is 0 Å². The van der Waals surface area contributed by atoms with Gasteiger partial charge in [0, 0.05) is 28.2 Å². The molecule has 2 aromatic rings. The summed E-state index contributed by atoms with van der Waals surface area (Å²) in [6.45, 7) is 0. The Morgan fingerprint density at radius 1 is 0.600 bits per heavy atom. The molecule has 0 saturated heterocycles. The van der Waals surface area contributed by atoms with Gasteiger partial charge in [-0.25, -0.2) is 0 Å². The van der Waals surface area contributed by atoms with Crippen LogP contribution in [0.15, 0.2) is 42.5 Å². The summed E-state index contributed by atoms with van der Waals surface area (Å²) >= 11 is 0. The maximum atomic E-state index is 5.89. The molecule has 2 rings (SSSR count). The summed E-state index contributed by atoms with van der Waals surface area (Å²) in [7, 11) is 0. The van der Waals surface area contributed by atoms with E-state index < -0.39 is 0 Å². The van der Waals surface area contributed by atoms with Crippen LogP contribution in [0.3, 0.4) is 0 Å². The maximum absolute atomic E-state index is 5.89. The predicted molar refractivity (Wildman–Crippen MR) is 65.1 cm³/mol. The molecule has 15 heavy (non-hydrogen) atoms. The molecule has 0 spiro atoms. The first kappa shape index (κ1) is 9.40. The van der Waals surface area contributed by atoms with Gasteiger partial charge in [-0.3, -0.25) is 0 Å². The van der Waals surface area contributed by atoms with Gasteiger partial charge in [0.1, 0.15) is 0 Å². The lowest BCUT2D eigenvalue weighted by Crippen LogP contribution is -1.98.